The molecule has 0 spiro atoms. The molecule has 0 unspecified atom stereocenters. The highest BCUT2D eigenvalue weighted by Crippen LogP contribution is 2.25. The van der Waals surface area contributed by atoms with Crippen LogP contribution in [0.1, 0.15) is 54.3 Å². The molecule has 0 radical (unpaired) electrons. The van der Waals surface area contributed by atoms with E-state index in [2.05, 4.69) is 64.1 Å². The first kappa shape index (κ1) is 21.4. The third-order valence-electron chi connectivity index (χ3n) is 5.37. The summed E-state index contributed by atoms with van der Waals surface area (Å²) >= 11 is 1.61. The summed E-state index contributed by atoms with van der Waals surface area (Å²) in [5.41, 5.74) is 6.74. The maximum absolute atomic E-state index is 13.0. The van der Waals surface area contributed by atoms with Gasteiger partial charge in [-0.1, -0.05) is 81.1 Å². The molecule has 0 saturated heterocycles. The van der Waals surface area contributed by atoms with Crippen LogP contribution < -0.4 is 5.56 Å². The number of benzene rings is 2. The normalized spacial score (nSPS) is 11.7. The minimum Gasteiger partial charge on any atom is -0.291 e. The number of thioether (sulfide) groups is 1. The molecule has 4 heteroatoms. The SMILES string of the molecule is Cc1ccccc1Cc1c(C)nc(SCc2ccc(C(C)(C)C)cc2)n(C)c1=O. The van der Waals surface area contributed by atoms with E-state index in [1.54, 1.807) is 16.3 Å². The van der Waals surface area contributed by atoms with Crippen molar-refractivity contribution in [3.8, 4) is 0 Å². The van der Waals surface area contributed by atoms with Gasteiger partial charge in [0.2, 0.25) is 0 Å². The third kappa shape index (κ3) is 4.99. The lowest BCUT2D eigenvalue weighted by Crippen LogP contribution is -2.26. The summed E-state index contributed by atoms with van der Waals surface area (Å²) in [6, 6.07) is 16.9. The van der Waals surface area contributed by atoms with Crippen molar-refractivity contribution in [2.75, 3.05) is 0 Å². The molecule has 152 valence electrons. The predicted molar refractivity (Wildman–Crippen MR) is 123 cm³/mol. The molecule has 1 heterocycles. The molecule has 3 aromatic rings. The summed E-state index contributed by atoms with van der Waals surface area (Å²) in [4.78, 5) is 17.8. The Morgan fingerprint density at radius 1 is 1.00 bits per heavy atom. The highest BCUT2D eigenvalue weighted by atomic mass is 32.2. The minimum absolute atomic E-state index is 0.0475. The lowest BCUT2D eigenvalue weighted by Gasteiger charge is -2.19. The van der Waals surface area contributed by atoms with Crippen LogP contribution in [0.5, 0.6) is 0 Å². The molecule has 3 rings (SSSR count). The summed E-state index contributed by atoms with van der Waals surface area (Å²) < 4.78 is 1.69. The Labute approximate surface area is 178 Å². The lowest BCUT2D eigenvalue weighted by molar-refractivity contribution is 0.590. The van der Waals surface area contributed by atoms with Crippen LogP contribution in [0.15, 0.2) is 58.5 Å². The van der Waals surface area contributed by atoms with Gasteiger partial charge in [0, 0.05) is 30.5 Å². The van der Waals surface area contributed by atoms with Crippen LogP contribution in [0.3, 0.4) is 0 Å². The molecule has 0 atom stereocenters. The van der Waals surface area contributed by atoms with Gasteiger partial charge in [0.1, 0.15) is 0 Å². The van der Waals surface area contributed by atoms with E-state index in [9.17, 15) is 4.79 Å². The second-order valence-electron chi connectivity index (χ2n) is 8.66. The van der Waals surface area contributed by atoms with Crippen LogP contribution in [-0.2, 0) is 24.6 Å². The smallest absolute Gasteiger partial charge is 0.257 e. The van der Waals surface area contributed by atoms with Crippen LogP contribution >= 0.6 is 11.8 Å². The molecule has 0 amide bonds. The van der Waals surface area contributed by atoms with Gasteiger partial charge in [0.05, 0.1) is 0 Å². The summed E-state index contributed by atoms with van der Waals surface area (Å²) in [5, 5.41) is 0.765. The molecule has 3 nitrogen and oxygen atoms in total. The highest BCUT2D eigenvalue weighted by molar-refractivity contribution is 7.98. The van der Waals surface area contributed by atoms with Gasteiger partial charge in [-0.15, -0.1) is 0 Å². The second-order valence-corrected chi connectivity index (χ2v) is 9.60. The number of hydrogen-bond acceptors (Lipinski definition) is 3. The second kappa shape index (κ2) is 8.58. The first-order valence-electron chi connectivity index (χ1n) is 10.00. The molecule has 0 bridgehead atoms. The average molecular weight is 407 g/mol. The van der Waals surface area contributed by atoms with Gasteiger partial charge < -0.3 is 0 Å². The van der Waals surface area contributed by atoms with E-state index in [4.69, 9.17) is 4.98 Å². The quantitative estimate of drug-likeness (QED) is 0.410. The van der Waals surface area contributed by atoms with Gasteiger partial charge in [0.25, 0.3) is 5.56 Å². The molecule has 29 heavy (non-hydrogen) atoms. The summed E-state index contributed by atoms with van der Waals surface area (Å²) in [6.45, 7) is 10.7. The van der Waals surface area contributed by atoms with E-state index in [-0.39, 0.29) is 11.0 Å². The molecular formula is C25H30N2OS. The van der Waals surface area contributed by atoms with Gasteiger partial charge in [-0.2, -0.15) is 0 Å². The third-order valence-corrected chi connectivity index (χ3v) is 6.47. The van der Waals surface area contributed by atoms with Gasteiger partial charge in [0.15, 0.2) is 5.16 Å². The van der Waals surface area contributed by atoms with Gasteiger partial charge >= 0.3 is 0 Å². The van der Waals surface area contributed by atoms with E-state index < -0.39 is 0 Å². The van der Waals surface area contributed by atoms with Crippen LogP contribution in [0.25, 0.3) is 0 Å². The monoisotopic (exact) mass is 406 g/mol. The number of hydrogen-bond donors (Lipinski definition) is 0. The highest BCUT2D eigenvalue weighted by Gasteiger charge is 2.15. The zero-order chi connectivity index (χ0) is 21.2. The molecule has 0 fully saturated rings. The van der Waals surface area contributed by atoms with Crippen LogP contribution in [0.4, 0.5) is 0 Å². The van der Waals surface area contributed by atoms with E-state index in [0.717, 1.165) is 22.2 Å². The van der Waals surface area contributed by atoms with Crippen molar-refractivity contribution >= 4 is 11.8 Å². The molecular weight excluding hydrogens is 376 g/mol. The molecule has 0 N–H and O–H groups in total. The van der Waals surface area contributed by atoms with E-state index in [1.807, 2.05) is 26.1 Å². The maximum Gasteiger partial charge on any atom is 0.257 e. The molecule has 0 aliphatic carbocycles. The molecule has 0 aliphatic heterocycles. The molecule has 0 aliphatic rings. The average Bonchev–Trinajstić information content (AvgIpc) is 2.68. The largest absolute Gasteiger partial charge is 0.291 e. The van der Waals surface area contributed by atoms with Crippen molar-refractivity contribution in [3.63, 3.8) is 0 Å². The van der Waals surface area contributed by atoms with Crippen molar-refractivity contribution in [2.45, 2.75) is 57.4 Å². The zero-order valence-electron chi connectivity index (χ0n) is 18.2. The first-order chi connectivity index (χ1) is 13.7. The fraction of sp³-hybridized carbons (Fsp3) is 0.360. The fourth-order valence-corrected chi connectivity index (χ4v) is 4.28. The summed E-state index contributed by atoms with van der Waals surface area (Å²) in [5.74, 6) is 0.793. The Morgan fingerprint density at radius 2 is 1.66 bits per heavy atom. The van der Waals surface area contributed by atoms with Crippen molar-refractivity contribution in [1.82, 2.24) is 9.55 Å². The Bertz CT molecular complexity index is 1060. The minimum atomic E-state index is 0.0475. The zero-order valence-corrected chi connectivity index (χ0v) is 19.1. The Morgan fingerprint density at radius 3 is 2.28 bits per heavy atom. The summed E-state index contributed by atoms with van der Waals surface area (Å²) in [6.07, 6.45) is 0.622. The number of rotatable bonds is 5. The van der Waals surface area contributed by atoms with Gasteiger partial charge in [-0.25, -0.2) is 4.98 Å². The maximum atomic E-state index is 13.0. The van der Waals surface area contributed by atoms with Crippen molar-refractivity contribution in [1.29, 1.82) is 0 Å². The van der Waals surface area contributed by atoms with Gasteiger partial charge in [-0.05, 0) is 41.5 Å². The number of aryl methyl sites for hydroxylation is 2. The number of nitrogens with zero attached hydrogens (tertiary/aromatic N) is 2. The van der Waals surface area contributed by atoms with Crippen molar-refractivity contribution < 1.29 is 0 Å². The first-order valence-corrected chi connectivity index (χ1v) is 11.0. The Hall–Kier alpha value is -2.33. The molecule has 1 aromatic heterocycles. The molecule has 2 aromatic carbocycles. The standard InChI is InChI=1S/C25H30N2OS/c1-17-9-7-8-10-20(17)15-22-18(2)26-24(27(6)23(22)28)29-16-19-11-13-21(14-12-19)25(3,4)5/h7-14H,15-16H2,1-6H3. The Kier molecular flexibility index (Phi) is 6.33. The van der Waals surface area contributed by atoms with Crippen LogP contribution in [0.2, 0.25) is 0 Å². The van der Waals surface area contributed by atoms with E-state index in [0.29, 0.717) is 6.42 Å². The topological polar surface area (TPSA) is 34.9 Å². The van der Waals surface area contributed by atoms with Gasteiger partial charge in [-0.3, -0.25) is 9.36 Å². The predicted octanol–water partition coefficient (Wildman–Crippen LogP) is 5.58. The van der Waals surface area contributed by atoms with Crippen molar-refractivity contribution in [2.24, 2.45) is 7.05 Å². The van der Waals surface area contributed by atoms with Crippen LogP contribution in [-0.4, -0.2) is 9.55 Å². The number of aromatic nitrogens is 2. The fourth-order valence-electron chi connectivity index (χ4n) is 3.31. The van der Waals surface area contributed by atoms with Crippen molar-refractivity contribution in [3.05, 3.63) is 92.4 Å². The van der Waals surface area contributed by atoms with E-state index >= 15 is 0 Å². The molecule has 0 saturated carbocycles. The van der Waals surface area contributed by atoms with Crippen LogP contribution in [0, 0.1) is 13.8 Å². The van der Waals surface area contributed by atoms with E-state index in [1.165, 1.54) is 22.3 Å². The Balaban J connectivity index is 1.79. The lowest BCUT2D eigenvalue weighted by atomic mass is 9.87. The summed E-state index contributed by atoms with van der Waals surface area (Å²) in [7, 11) is 1.82.